The van der Waals surface area contributed by atoms with Crippen molar-refractivity contribution >= 4 is 22.6 Å². The maximum atomic E-state index is 12.3. The van der Waals surface area contributed by atoms with E-state index in [1.165, 1.54) is 0 Å². The van der Waals surface area contributed by atoms with Gasteiger partial charge in [-0.2, -0.15) is 15.4 Å². The number of hydrogen-bond acceptors (Lipinski definition) is 4. The second kappa shape index (κ2) is 7.29. The Kier molecular flexibility index (Phi) is 4.92. The fourth-order valence-corrected chi connectivity index (χ4v) is 3.01. The number of benzene rings is 1. The van der Waals surface area contributed by atoms with E-state index in [-0.39, 0.29) is 18.2 Å². The van der Waals surface area contributed by atoms with Gasteiger partial charge in [0.25, 0.3) is 0 Å². The van der Waals surface area contributed by atoms with E-state index in [1.807, 2.05) is 22.8 Å². The summed E-state index contributed by atoms with van der Waals surface area (Å²) in [6, 6.07) is 5.92. The highest BCUT2D eigenvalue weighted by atomic mass is 16.2. The van der Waals surface area contributed by atoms with Crippen molar-refractivity contribution in [2.75, 3.05) is 6.54 Å². The maximum absolute atomic E-state index is 12.3. The van der Waals surface area contributed by atoms with Crippen LogP contribution in [0.2, 0.25) is 0 Å². The van der Waals surface area contributed by atoms with Gasteiger partial charge in [0.15, 0.2) is 5.78 Å². The Balaban J connectivity index is 1.78. The standard InChI is InChI=1S/C18H21N5O2/c1-3-13-5-4-6-15-16(12(2)24)10-23(18(13)15)11-17(25)19-8-7-14-9-20-22-21-14/h4-6,9-10H,3,7-8,11H2,1-2H3,(H,19,25)(H,20,21,22). The van der Waals surface area contributed by atoms with Crippen molar-refractivity contribution in [2.24, 2.45) is 0 Å². The number of nitrogens with zero attached hydrogens (tertiary/aromatic N) is 3. The van der Waals surface area contributed by atoms with E-state index < -0.39 is 0 Å². The molecule has 130 valence electrons. The molecule has 1 aromatic carbocycles. The lowest BCUT2D eigenvalue weighted by atomic mass is 10.1. The highest BCUT2D eigenvalue weighted by molar-refractivity contribution is 6.07. The quantitative estimate of drug-likeness (QED) is 0.643. The minimum absolute atomic E-state index is 0.00319. The van der Waals surface area contributed by atoms with Gasteiger partial charge in [0.2, 0.25) is 5.91 Å². The molecule has 1 amide bonds. The Labute approximate surface area is 145 Å². The molecule has 3 aromatic rings. The van der Waals surface area contributed by atoms with Gasteiger partial charge in [-0.25, -0.2) is 0 Å². The summed E-state index contributed by atoms with van der Waals surface area (Å²) in [6.07, 6.45) is 4.88. The van der Waals surface area contributed by atoms with Crippen molar-refractivity contribution in [1.29, 1.82) is 0 Å². The number of hydrogen-bond donors (Lipinski definition) is 2. The molecule has 0 bridgehead atoms. The molecule has 3 rings (SSSR count). The first-order valence-electron chi connectivity index (χ1n) is 8.33. The molecule has 25 heavy (non-hydrogen) atoms. The van der Waals surface area contributed by atoms with E-state index in [1.54, 1.807) is 19.3 Å². The third kappa shape index (κ3) is 3.60. The van der Waals surface area contributed by atoms with Crippen molar-refractivity contribution in [3.8, 4) is 0 Å². The van der Waals surface area contributed by atoms with E-state index in [9.17, 15) is 9.59 Å². The molecule has 0 unspecified atom stereocenters. The van der Waals surface area contributed by atoms with Crippen LogP contribution in [0.5, 0.6) is 0 Å². The summed E-state index contributed by atoms with van der Waals surface area (Å²) in [5.41, 5.74) is 3.54. The van der Waals surface area contributed by atoms with Gasteiger partial charge in [-0.05, 0) is 18.9 Å². The van der Waals surface area contributed by atoms with E-state index in [2.05, 4.69) is 27.7 Å². The zero-order chi connectivity index (χ0) is 17.8. The van der Waals surface area contributed by atoms with Crippen LogP contribution in [-0.2, 0) is 24.2 Å². The molecule has 7 nitrogen and oxygen atoms in total. The predicted octanol–water partition coefficient (Wildman–Crippen LogP) is 1.88. The number of rotatable bonds is 7. The lowest BCUT2D eigenvalue weighted by Crippen LogP contribution is -2.29. The molecule has 0 atom stereocenters. The molecular formula is C18H21N5O2. The lowest BCUT2D eigenvalue weighted by molar-refractivity contribution is -0.121. The van der Waals surface area contributed by atoms with Crippen LogP contribution in [0.15, 0.2) is 30.6 Å². The normalized spacial score (nSPS) is 11.0. The topological polar surface area (TPSA) is 92.7 Å². The molecular weight excluding hydrogens is 318 g/mol. The van der Waals surface area contributed by atoms with Gasteiger partial charge in [0.05, 0.1) is 17.4 Å². The monoisotopic (exact) mass is 339 g/mol. The summed E-state index contributed by atoms with van der Waals surface area (Å²) >= 11 is 0. The van der Waals surface area contributed by atoms with Crippen LogP contribution in [0.4, 0.5) is 0 Å². The van der Waals surface area contributed by atoms with Crippen molar-refractivity contribution in [1.82, 2.24) is 25.3 Å². The number of aromatic nitrogens is 4. The zero-order valence-electron chi connectivity index (χ0n) is 14.4. The van der Waals surface area contributed by atoms with Gasteiger partial charge in [-0.15, -0.1) is 0 Å². The van der Waals surface area contributed by atoms with E-state index in [4.69, 9.17) is 0 Å². The average Bonchev–Trinajstić information content (AvgIpc) is 3.23. The van der Waals surface area contributed by atoms with Gasteiger partial charge in [0.1, 0.15) is 6.54 Å². The molecule has 0 saturated carbocycles. The number of aromatic amines is 1. The molecule has 0 fully saturated rings. The molecule has 2 N–H and O–H groups in total. The van der Waals surface area contributed by atoms with E-state index >= 15 is 0 Å². The van der Waals surface area contributed by atoms with Gasteiger partial charge < -0.3 is 9.88 Å². The summed E-state index contributed by atoms with van der Waals surface area (Å²) in [4.78, 5) is 24.2. The highest BCUT2D eigenvalue weighted by Gasteiger charge is 2.16. The first-order chi connectivity index (χ1) is 12.1. The van der Waals surface area contributed by atoms with Gasteiger partial charge in [0, 0.05) is 30.1 Å². The van der Waals surface area contributed by atoms with Gasteiger partial charge in [-0.1, -0.05) is 25.1 Å². The number of amides is 1. The fourth-order valence-electron chi connectivity index (χ4n) is 3.01. The molecule has 0 saturated heterocycles. The third-order valence-corrected chi connectivity index (χ3v) is 4.22. The number of fused-ring (bicyclic) bond motifs is 1. The molecule has 0 aliphatic carbocycles. The smallest absolute Gasteiger partial charge is 0.239 e. The number of carbonyl (C=O) groups is 2. The van der Waals surface area contributed by atoms with Crippen LogP contribution in [0, 0.1) is 0 Å². The molecule has 0 aliphatic heterocycles. The van der Waals surface area contributed by atoms with Crippen LogP contribution < -0.4 is 5.32 Å². The number of H-pyrrole nitrogens is 1. The second-order valence-corrected chi connectivity index (χ2v) is 5.96. The minimum Gasteiger partial charge on any atom is -0.354 e. The highest BCUT2D eigenvalue weighted by Crippen LogP contribution is 2.25. The number of nitrogens with one attached hydrogen (secondary N) is 2. The maximum Gasteiger partial charge on any atom is 0.239 e. The van der Waals surface area contributed by atoms with Crippen LogP contribution in [0.3, 0.4) is 0 Å². The molecule has 0 spiro atoms. The molecule has 7 heteroatoms. The van der Waals surface area contributed by atoms with Crippen LogP contribution in [-0.4, -0.2) is 38.2 Å². The molecule has 0 radical (unpaired) electrons. The van der Waals surface area contributed by atoms with Crippen molar-refractivity contribution in [3.05, 3.63) is 47.4 Å². The first-order valence-corrected chi connectivity index (χ1v) is 8.33. The Morgan fingerprint density at radius 3 is 2.84 bits per heavy atom. The van der Waals surface area contributed by atoms with Crippen LogP contribution in [0.25, 0.3) is 10.9 Å². The van der Waals surface area contributed by atoms with E-state index in [0.717, 1.165) is 28.6 Å². The SMILES string of the molecule is CCc1cccc2c(C(C)=O)cn(CC(=O)NCCc3cn[nH]n3)c12. The van der Waals surface area contributed by atoms with Crippen LogP contribution >= 0.6 is 0 Å². The second-order valence-electron chi connectivity index (χ2n) is 5.96. The van der Waals surface area contributed by atoms with Crippen molar-refractivity contribution in [2.45, 2.75) is 33.2 Å². The van der Waals surface area contributed by atoms with Crippen molar-refractivity contribution in [3.63, 3.8) is 0 Å². The predicted molar refractivity (Wildman–Crippen MR) is 94.4 cm³/mol. The fraction of sp³-hybridized carbons (Fsp3) is 0.333. The Hall–Kier alpha value is -2.96. The zero-order valence-corrected chi connectivity index (χ0v) is 14.4. The summed E-state index contributed by atoms with van der Waals surface area (Å²) in [5.74, 6) is -0.0927. The largest absolute Gasteiger partial charge is 0.354 e. The Morgan fingerprint density at radius 2 is 2.16 bits per heavy atom. The number of Topliss-reactive ketones (excluding diaryl/α,β-unsaturated/α-hetero) is 1. The molecule has 2 aromatic heterocycles. The minimum atomic E-state index is -0.0959. The number of ketones is 1. The molecule has 0 aliphatic rings. The average molecular weight is 339 g/mol. The van der Waals surface area contributed by atoms with Crippen LogP contribution in [0.1, 0.15) is 35.5 Å². The van der Waals surface area contributed by atoms with E-state index in [0.29, 0.717) is 18.5 Å². The number of para-hydroxylation sites is 1. The summed E-state index contributed by atoms with van der Waals surface area (Å²) < 4.78 is 1.87. The lowest BCUT2D eigenvalue weighted by Gasteiger charge is -2.09. The van der Waals surface area contributed by atoms with Gasteiger partial charge >= 0.3 is 0 Å². The first kappa shape index (κ1) is 16.9. The molecule has 2 heterocycles. The Bertz CT molecular complexity index is 896. The Morgan fingerprint density at radius 1 is 1.32 bits per heavy atom. The number of aryl methyl sites for hydroxylation is 1. The third-order valence-electron chi connectivity index (χ3n) is 4.22. The summed E-state index contributed by atoms with van der Waals surface area (Å²) in [7, 11) is 0. The summed E-state index contributed by atoms with van der Waals surface area (Å²) in [6.45, 7) is 4.29. The number of carbonyl (C=O) groups excluding carboxylic acids is 2. The van der Waals surface area contributed by atoms with Crippen molar-refractivity contribution < 1.29 is 9.59 Å². The summed E-state index contributed by atoms with van der Waals surface area (Å²) in [5, 5.41) is 14.0. The van der Waals surface area contributed by atoms with Gasteiger partial charge in [-0.3, -0.25) is 9.59 Å².